The van der Waals surface area contributed by atoms with Gasteiger partial charge >= 0.3 is 0 Å². The Morgan fingerprint density at radius 2 is 2.35 bits per heavy atom. The van der Waals surface area contributed by atoms with Crippen LogP contribution in [0, 0.1) is 0 Å². The lowest BCUT2D eigenvalue weighted by Crippen LogP contribution is -2.36. The van der Waals surface area contributed by atoms with Gasteiger partial charge in [0, 0.05) is 11.1 Å². The lowest BCUT2D eigenvalue weighted by Gasteiger charge is -2.23. The Hall–Kier alpha value is -0.980. The molecule has 1 aromatic rings. The normalized spacial score (nSPS) is 17.9. The monoisotopic (exact) mass is 297 g/mol. The molecule has 0 bridgehead atoms. The van der Waals surface area contributed by atoms with Crippen LogP contribution in [0.4, 0.5) is 0 Å². The van der Waals surface area contributed by atoms with Gasteiger partial charge in [-0.1, -0.05) is 6.92 Å². The van der Waals surface area contributed by atoms with Crippen LogP contribution < -0.4 is 10.6 Å². The summed E-state index contributed by atoms with van der Waals surface area (Å²) < 4.78 is 5.64. The lowest BCUT2D eigenvalue weighted by atomic mass is 10.1. The predicted octanol–water partition coefficient (Wildman–Crippen LogP) is 1.65. The molecule has 1 unspecified atom stereocenters. The molecule has 0 aliphatic carbocycles. The summed E-state index contributed by atoms with van der Waals surface area (Å²) in [4.78, 5) is 17.5. The van der Waals surface area contributed by atoms with Gasteiger partial charge in [-0.2, -0.15) is 0 Å². The molecule has 1 aliphatic heterocycles. The molecular formula is C14H23N3O2S. The largest absolute Gasteiger partial charge is 0.368 e. The first-order valence-corrected chi connectivity index (χ1v) is 8.07. The summed E-state index contributed by atoms with van der Waals surface area (Å²) in [6, 6.07) is -0.0515. The van der Waals surface area contributed by atoms with E-state index in [1.54, 1.807) is 11.3 Å². The van der Waals surface area contributed by atoms with Crippen LogP contribution in [-0.2, 0) is 16.0 Å². The quantitative estimate of drug-likeness (QED) is 0.838. The average molecular weight is 297 g/mol. The Labute approximate surface area is 124 Å². The Morgan fingerprint density at radius 3 is 3.00 bits per heavy atom. The summed E-state index contributed by atoms with van der Waals surface area (Å²) in [5.41, 5.74) is 0. The van der Waals surface area contributed by atoms with E-state index in [0.717, 1.165) is 37.4 Å². The fourth-order valence-electron chi connectivity index (χ4n) is 2.19. The Balaban J connectivity index is 1.72. The van der Waals surface area contributed by atoms with Gasteiger partial charge in [0.25, 0.3) is 0 Å². The number of hydrogen-bond acceptors (Lipinski definition) is 5. The molecule has 0 radical (unpaired) electrons. The van der Waals surface area contributed by atoms with Crippen molar-refractivity contribution in [1.29, 1.82) is 0 Å². The van der Waals surface area contributed by atoms with E-state index in [9.17, 15) is 4.79 Å². The van der Waals surface area contributed by atoms with Gasteiger partial charge in [0.05, 0.1) is 12.1 Å². The minimum Gasteiger partial charge on any atom is -0.368 e. The fraction of sp³-hybridized carbons (Fsp3) is 0.714. The van der Waals surface area contributed by atoms with Crippen molar-refractivity contribution >= 4 is 17.2 Å². The third-order valence-corrected chi connectivity index (χ3v) is 4.73. The van der Waals surface area contributed by atoms with Crippen LogP contribution in [0.15, 0.2) is 6.20 Å². The zero-order valence-electron chi connectivity index (χ0n) is 12.1. The molecule has 0 saturated carbocycles. The molecule has 0 aromatic carbocycles. The van der Waals surface area contributed by atoms with Crippen molar-refractivity contribution < 1.29 is 9.53 Å². The number of ether oxygens (including phenoxy) is 1. The second-order valence-corrected chi connectivity index (χ2v) is 6.21. The number of rotatable bonds is 6. The van der Waals surface area contributed by atoms with Crippen molar-refractivity contribution in [2.45, 2.75) is 45.3 Å². The van der Waals surface area contributed by atoms with Crippen molar-refractivity contribution in [2.24, 2.45) is 0 Å². The highest BCUT2D eigenvalue weighted by molar-refractivity contribution is 7.11. The minimum atomic E-state index is -0.0655. The summed E-state index contributed by atoms with van der Waals surface area (Å²) in [6.07, 6.45) is 5.04. The molecule has 5 nitrogen and oxygen atoms in total. The van der Waals surface area contributed by atoms with Crippen molar-refractivity contribution in [3.63, 3.8) is 0 Å². The number of piperidine rings is 1. The SMILES string of the molecule is CCc1cnc(C(C)NC(=O)COC2CCNCC2)s1. The van der Waals surface area contributed by atoms with Crippen LogP contribution >= 0.6 is 11.3 Å². The number of amides is 1. The Morgan fingerprint density at radius 1 is 1.60 bits per heavy atom. The molecule has 1 fully saturated rings. The molecule has 1 amide bonds. The molecule has 20 heavy (non-hydrogen) atoms. The maximum Gasteiger partial charge on any atom is 0.246 e. The second kappa shape index (κ2) is 7.71. The predicted molar refractivity (Wildman–Crippen MR) is 79.9 cm³/mol. The molecule has 112 valence electrons. The summed E-state index contributed by atoms with van der Waals surface area (Å²) >= 11 is 1.65. The zero-order valence-corrected chi connectivity index (χ0v) is 13.0. The van der Waals surface area contributed by atoms with E-state index in [2.05, 4.69) is 22.5 Å². The molecule has 2 heterocycles. The molecular weight excluding hydrogens is 274 g/mol. The van der Waals surface area contributed by atoms with Crippen molar-refractivity contribution in [3.8, 4) is 0 Å². The molecule has 2 rings (SSSR count). The molecule has 0 spiro atoms. The van der Waals surface area contributed by atoms with Gasteiger partial charge in [-0.3, -0.25) is 4.79 Å². The van der Waals surface area contributed by atoms with Gasteiger partial charge in [0.1, 0.15) is 11.6 Å². The van der Waals surface area contributed by atoms with E-state index < -0.39 is 0 Å². The third kappa shape index (κ3) is 4.54. The standard InChI is InChI=1S/C14H23N3O2S/c1-3-12-8-16-14(20-12)10(2)17-13(18)9-19-11-4-6-15-7-5-11/h8,10-11,15H,3-7,9H2,1-2H3,(H,17,18). The van der Waals surface area contributed by atoms with Gasteiger partial charge in [-0.05, 0) is 39.3 Å². The van der Waals surface area contributed by atoms with Gasteiger partial charge in [-0.15, -0.1) is 11.3 Å². The van der Waals surface area contributed by atoms with Gasteiger partial charge in [0.15, 0.2) is 0 Å². The number of carbonyl (C=O) groups is 1. The van der Waals surface area contributed by atoms with E-state index in [0.29, 0.717) is 0 Å². The van der Waals surface area contributed by atoms with Crippen LogP contribution in [-0.4, -0.2) is 36.7 Å². The highest BCUT2D eigenvalue weighted by atomic mass is 32.1. The van der Waals surface area contributed by atoms with E-state index in [1.165, 1.54) is 4.88 Å². The Bertz CT molecular complexity index is 430. The molecule has 1 saturated heterocycles. The minimum absolute atomic E-state index is 0.0515. The third-order valence-electron chi connectivity index (χ3n) is 3.40. The van der Waals surface area contributed by atoms with E-state index in [1.807, 2.05) is 13.1 Å². The first-order valence-electron chi connectivity index (χ1n) is 7.25. The molecule has 1 aromatic heterocycles. The highest BCUT2D eigenvalue weighted by Crippen LogP contribution is 2.20. The molecule has 6 heteroatoms. The molecule has 1 atom stereocenters. The summed E-state index contributed by atoms with van der Waals surface area (Å²) in [5, 5.41) is 7.17. The van der Waals surface area contributed by atoms with E-state index in [4.69, 9.17) is 4.74 Å². The number of carbonyl (C=O) groups excluding carboxylic acids is 1. The van der Waals surface area contributed by atoms with Crippen LogP contribution in [0.3, 0.4) is 0 Å². The van der Waals surface area contributed by atoms with E-state index >= 15 is 0 Å². The van der Waals surface area contributed by atoms with Crippen LogP contribution in [0.25, 0.3) is 0 Å². The van der Waals surface area contributed by atoms with Crippen LogP contribution in [0.2, 0.25) is 0 Å². The van der Waals surface area contributed by atoms with Crippen LogP contribution in [0.5, 0.6) is 0 Å². The van der Waals surface area contributed by atoms with E-state index in [-0.39, 0.29) is 24.7 Å². The highest BCUT2D eigenvalue weighted by Gasteiger charge is 2.17. The maximum atomic E-state index is 11.9. The second-order valence-electron chi connectivity index (χ2n) is 5.07. The topological polar surface area (TPSA) is 63.2 Å². The number of nitrogens with zero attached hydrogens (tertiary/aromatic N) is 1. The molecule has 2 N–H and O–H groups in total. The average Bonchev–Trinajstić information content (AvgIpc) is 2.95. The van der Waals surface area contributed by atoms with Crippen molar-refractivity contribution in [1.82, 2.24) is 15.6 Å². The van der Waals surface area contributed by atoms with Gasteiger partial charge < -0.3 is 15.4 Å². The van der Waals surface area contributed by atoms with Crippen molar-refractivity contribution in [2.75, 3.05) is 19.7 Å². The smallest absolute Gasteiger partial charge is 0.246 e. The lowest BCUT2D eigenvalue weighted by molar-refractivity contribution is -0.128. The summed E-state index contributed by atoms with van der Waals surface area (Å²) in [5.74, 6) is -0.0655. The number of aromatic nitrogens is 1. The molecule has 1 aliphatic rings. The fourth-order valence-corrected chi connectivity index (χ4v) is 3.05. The van der Waals surface area contributed by atoms with Gasteiger partial charge in [0.2, 0.25) is 5.91 Å². The first kappa shape index (κ1) is 15.4. The van der Waals surface area contributed by atoms with Gasteiger partial charge in [-0.25, -0.2) is 4.98 Å². The van der Waals surface area contributed by atoms with Crippen LogP contribution in [0.1, 0.15) is 42.6 Å². The van der Waals surface area contributed by atoms with Crippen molar-refractivity contribution in [3.05, 3.63) is 16.1 Å². The number of nitrogens with one attached hydrogen (secondary N) is 2. The first-order chi connectivity index (χ1) is 9.69. The zero-order chi connectivity index (χ0) is 14.4. The number of thiazole rings is 1. The number of aryl methyl sites for hydroxylation is 1. The maximum absolute atomic E-state index is 11.9. The Kier molecular flexibility index (Phi) is 5.94. The summed E-state index contributed by atoms with van der Waals surface area (Å²) in [7, 11) is 0. The number of hydrogen-bond donors (Lipinski definition) is 2. The summed E-state index contributed by atoms with van der Waals surface area (Å²) in [6.45, 7) is 6.15.